The number of hydrogen-bond donors (Lipinski definition) is 1. The first-order valence-electron chi connectivity index (χ1n) is 10.5. The van der Waals surface area contributed by atoms with Crippen molar-refractivity contribution in [2.24, 2.45) is 0 Å². The predicted octanol–water partition coefficient (Wildman–Crippen LogP) is 3.75. The Morgan fingerprint density at radius 1 is 1.12 bits per heavy atom. The molecule has 2 amide bonds. The molecule has 1 atom stereocenters. The molecule has 1 fully saturated rings. The highest BCUT2D eigenvalue weighted by Crippen LogP contribution is 2.32. The Morgan fingerprint density at radius 3 is 2.55 bits per heavy atom. The highest BCUT2D eigenvalue weighted by atomic mass is 19.4. The molecule has 0 aliphatic carbocycles. The molecule has 0 bridgehead atoms. The van der Waals surface area contributed by atoms with Gasteiger partial charge in [0.25, 0.3) is 0 Å². The van der Waals surface area contributed by atoms with Gasteiger partial charge in [0.15, 0.2) is 0 Å². The molecule has 1 aliphatic heterocycles. The van der Waals surface area contributed by atoms with Crippen LogP contribution in [0.4, 0.5) is 13.2 Å². The molecule has 1 aromatic heterocycles. The summed E-state index contributed by atoms with van der Waals surface area (Å²) in [5.41, 5.74) is 2.20. The minimum Gasteiger partial charge on any atom is -0.352 e. The number of aromatic nitrogens is 2. The Bertz CT molecular complexity index is 1190. The van der Waals surface area contributed by atoms with Gasteiger partial charge in [0, 0.05) is 24.3 Å². The molecule has 172 valence electrons. The van der Waals surface area contributed by atoms with Gasteiger partial charge in [-0.25, -0.2) is 4.68 Å². The van der Waals surface area contributed by atoms with Crippen molar-refractivity contribution in [3.8, 4) is 5.69 Å². The van der Waals surface area contributed by atoms with E-state index >= 15 is 0 Å². The van der Waals surface area contributed by atoms with Crippen LogP contribution in [0.3, 0.4) is 0 Å². The molecule has 1 unspecified atom stereocenters. The Balaban J connectivity index is 1.67. The number of benzene rings is 2. The number of aryl methyl sites for hydroxylation is 1. The lowest BCUT2D eigenvalue weighted by Crippen LogP contribution is -2.52. The fraction of sp³-hybridized carbons (Fsp3) is 0.292. The van der Waals surface area contributed by atoms with Crippen LogP contribution in [-0.2, 0) is 22.2 Å². The Labute approximate surface area is 189 Å². The summed E-state index contributed by atoms with van der Waals surface area (Å²) in [6, 6.07) is 13.2. The first kappa shape index (κ1) is 22.6. The molecule has 33 heavy (non-hydrogen) atoms. The van der Waals surface area contributed by atoms with Crippen molar-refractivity contribution in [3.05, 3.63) is 82.7 Å². The number of piperazine rings is 1. The number of alkyl halides is 3. The van der Waals surface area contributed by atoms with E-state index in [0.29, 0.717) is 11.3 Å². The second-order valence-electron chi connectivity index (χ2n) is 7.99. The van der Waals surface area contributed by atoms with E-state index in [1.165, 1.54) is 17.0 Å². The van der Waals surface area contributed by atoms with Gasteiger partial charge in [0.2, 0.25) is 11.8 Å². The van der Waals surface area contributed by atoms with Crippen LogP contribution >= 0.6 is 0 Å². The van der Waals surface area contributed by atoms with E-state index in [-0.39, 0.29) is 31.0 Å². The Hall–Kier alpha value is -3.62. The van der Waals surface area contributed by atoms with Crippen LogP contribution in [-0.4, -0.2) is 39.6 Å². The number of nitrogens with zero attached hydrogens (tertiary/aromatic N) is 3. The molecule has 6 nitrogen and oxygen atoms in total. The molecule has 0 saturated carbocycles. The molecular formula is C24H23F3N4O2. The summed E-state index contributed by atoms with van der Waals surface area (Å²) in [5, 5.41) is 7.37. The van der Waals surface area contributed by atoms with E-state index in [9.17, 15) is 22.8 Å². The minimum absolute atomic E-state index is 0.237. The number of para-hydroxylation sites is 1. The van der Waals surface area contributed by atoms with E-state index in [2.05, 4.69) is 10.4 Å². The van der Waals surface area contributed by atoms with Crippen molar-refractivity contribution in [2.45, 2.75) is 32.5 Å². The summed E-state index contributed by atoms with van der Waals surface area (Å²) in [5.74, 6) is -0.752. The fourth-order valence-corrected chi connectivity index (χ4v) is 4.23. The van der Waals surface area contributed by atoms with Gasteiger partial charge in [-0.1, -0.05) is 36.4 Å². The van der Waals surface area contributed by atoms with Crippen LogP contribution < -0.4 is 5.32 Å². The monoisotopic (exact) mass is 456 g/mol. The maximum atomic E-state index is 13.2. The van der Waals surface area contributed by atoms with Crippen molar-refractivity contribution in [2.75, 3.05) is 13.1 Å². The largest absolute Gasteiger partial charge is 0.416 e. The van der Waals surface area contributed by atoms with E-state index < -0.39 is 23.7 Å². The molecule has 2 aromatic carbocycles. The second-order valence-corrected chi connectivity index (χ2v) is 7.99. The predicted molar refractivity (Wildman–Crippen MR) is 116 cm³/mol. The molecule has 1 N–H and O–H groups in total. The van der Waals surface area contributed by atoms with Gasteiger partial charge >= 0.3 is 6.18 Å². The van der Waals surface area contributed by atoms with Crippen LogP contribution in [0.25, 0.3) is 5.69 Å². The first-order valence-corrected chi connectivity index (χ1v) is 10.5. The molecule has 0 radical (unpaired) electrons. The number of carbonyl (C=O) groups excluding carboxylic acids is 2. The van der Waals surface area contributed by atoms with Crippen LogP contribution in [0.2, 0.25) is 0 Å². The summed E-state index contributed by atoms with van der Waals surface area (Å²) >= 11 is 0. The van der Waals surface area contributed by atoms with E-state index in [1.54, 1.807) is 11.6 Å². The van der Waals surface area contributed by atoms with Crippen molar-refractivity contribution in [1.82, 2.24) is 20.0 Å². The van der Waals surface area contributed by atoms with E-state index in [4.69, 9.17) is 0 Å². The maximum Gasteiger partial charge on any atom is 0.416 e. The highest BCUT2D eigenvalue weighted by Gasteiger charge is 2.38. The molecule has 1 saturated heterocycles. The lowest BCUT2D eigenvalue weighted by atomic mass is 9.99. The molecule has 9 heteroatoms. The van der Waals surface area contributed by atoms with Crippen molar-refractivity contribution < 1.29 is 22.8 Å². The third kappa shape index (κ3) is 4.48. The summed E-state index contributed by atoms with van der Waals surface area (Å²) in [4.78, 5) is 27.5. The zero-order valence-electron chi connectivity index (χ0n) is 18.2. The number of nitrogens with one attached hydrogen (secondary N) is 1. The summed E-state index contributed by atoms with van der Waals surface area (Å²) < 4.78 is 40.9. The van der Waals surface area contributed by atoms with Gasteiger partial charge in [0.1, 0.15) is 6.04 Å². The average Bonchev–Trinajstić information content (AvgIpc) is 3.07. The number of halogens is 3. The average molecular weight is 456 g/mol. The molecule has 1 aliphatic rings. The maximum absolute atomic E-state index is 13.2. The lowest BCUT2D eigenvalue weighted by molar-refractivity contribution is -0.143. The Kier molecular flexibility index (Phi) is 5.97. The zero-order valence-corrected chi connectivity index (χ0v) is 18.2. The van der Waals surface area contributed by atoms with Crippen LogP contribution in [0.5, 0.6) is 0 Å². The van der Waals surface area contributed by atoms with Gasteiger partial charge in [-0.15, -0.1) is 0 Å². The number of rotatable bonds is 4. The van der Waals surface area contributed by atoms with Crippen LogP contribution in [0.1, 0.15) is 34.1 Å². The zero-order chi connectivity index (χ0) is 23.8. The normalized spacial score (nSPS) is 16.6. The number of hydrogen-bond acceptors (Lipinski definition) is 3. The van der Waals surface area contributed by atoms with E-state index in [0.717, 1.165) is 23.5 Å². The molecule has 0 spiro atoms. The van der Waals surface area contributed by atoms with Gasteiger partial charge in [-0.05, 0) is 37.6 Å². The Morgan fingerprint density at radius 2 is 1.85 bits per heavy atom. The lowest BCUT2D eigenvalue weighted by Gasteiger charge is -2.35. The van der Waals surface area contributed by atoms with Gasteiger partial charge in [0.05, 0.1) is 23.4 Å². The standard InChI is InChI=1S/C24H23F3N4O2/c1-15-21(16(2)31(29-15)19-9-4-3-5-10-19)22-23(33)28-11-12-30(22)20(32)14-17-7-6-8-18(13-17)24(25,26)27/h3-10,13,22H,11-12,14H2,1-2H3,(H,28,33). The molecular weight excluding hydrogens is 433 g/mol. The van der Waals surface area contributed by atoms with Gasteiger partial charge < -0.3 is 10.2 Å². The molecule has 3 aromatic rings. The fourth-order valence-electron chi connectivity index (χ4n) is 4.23. The minimum atomic E-state index is -4.49. The third-order valence-corrected chi connectivity index (χ3v) is 5.76. The molecule has 2 heterocycles. The van der Waals surface area contributed by atoms with Crippen LogP contribution in [0.15, 0.2) is 54.6 Å². The molecule has 4 rings (SSSR count). The van der Waals surface area contributed by atoms with Gasteiger partial charge in [-0.3, -0.25) is 9.59 Å². The van der Waals surface area contributed by atoms with E-state index in [1.807, 2.05) is 37.3 Å². The summed E-state index contributed by atoms with van der Waals surface area (Å²) in [7, 11) is 0. The topological polar surface area (TPSA) is 67.2 Å². The summed E-state index contributed by atoms with van der Waals surface area (Å²) in [6.45, 7) is 4.14. The van der Waals surface area contributed by atoms with Crippen molar-refractivity contribution in [3.63, 3.8) is 0 Å². The number of amides is 2. The smallest absolute Gasteiger partial charge is 0.352 e. The quantitative estimate of drug-likeness (QED) is 0.650. The van der Waals surface area contributed by atoms with Gasteiger partial charge in [-0.2, -0.15) is 18.3 Å². The van der Waals surface area contributed by atoms with Crippen LogP contribution in [0, 0.1) is 13.8 Å². The first-order chi connectivity index (χ1) is 15.7. The second kappa shape index (κ2) is 8.73. The summed E-state index contributed by atoms with van der Waals surface area (Å²) in [6.07, 6.45) is -4.73. The highest BCUT2D eigenvalue weighted by molar-refractivity contribution is 5.91. The third-order valence-electron chi connectivity index (χ3n) is 5.76. The number of carbonyl (C=O) groups is 2. The van der Waals surface area contributed by atoms with Crippen molar-refractivity contribution >= 4 is 11.8 Å². The SMILES string of the molecule is Cc1nn(-c2ccccc2)c(C)c1C1C(=O)NCCN1C(=O)Cc1cccc(C(F)(F)F)c1. The van der Waals surface area contributed by atoms with Crippen molar-refractivity contribution in [1.29, 1.82) is 0 Å².